The summed E-state index contributed by atoms with van der Waals surface area (Å²) in [5.41, 5.74) is 1.58. The minimum Gasteiger partial charge on any atom is -0.355 e. The van der Waals surface area contributed by atoms with Gasteiger partial charge < -0.3 is 10.6 Å². The molecule has 142 valence electrons. The molecule has 0 atom stereocenters. The molecule has 9 heteroatoms. The zero-order chi connectivity index (χ0) is 19.5. The van der Waals surface area contributed by atoms with Crippen molar-refractivity contribution in [2.75, 3.05) is 26.1 Å². The van der Waals surface area contributed by atoms with Crippen LogP contribution < -0.4 is 10.6 Å². The van der Waals surface area contributed by atoms with Gasteiger partial charge in [0.2, 0.25) is 0 Å². The third-order valence-corrected chi connectivity index (χ3v) is 7.42. The number of hydrogen-bond acceptors (Lipinski definition) is 5. The monoisotopic (exact) mass is 389 g/mol. The van der Waals surface area contributed by atoms with Gasteiger partial charge in [-0.25, -0.2) is 16.8 Å². The number of rotatable bonds is 6. The Balaban J connectivity index is 2.75. The molecule has 1 aromatic carbocycles. The molecule has 0 fully saturated rings. The molecule has 0 amide bonds. The summed E-state index contributed by atoms with van der Waals surface area (Å²) in [6.07, 6.45) is 2.39. The largest absolute Gasteiger partial charge is 0.355 e. The van der Waals surface area contributed by atoms with Crippen LogP contribution in [0.3, 0.4) is 0 Å². The first-order valence-electron chi connectivity index (χ1n) is 7.71. The summed E-state index contributed by atoms with van der Waals surface area (Å²) in [7, 11) is -4.84. The van der Waals surface area contributed by atoms with Crippen LogP contribution in [0.5, 0.6) is 0 Å². The lowest BCUT2D eigenvalue weighted by Gasteiger charge is -2.24. The fraction of sp³-hybridized carbons (Fsp3) is 0.562. The minimum absolute atomic E-state index is 0.220. The molecule has 25 heavy (non-hydrogen) atoms. The van der Waals surface area contributed by atoms with Crippen molar-refractivity contribution in [2.45, 2.75) is 37.0 Å². The molecule has 0 aliphatic rings. The first-order valence-corrected chi connectivity index (χ1v) is 11.5. The standard InChI is InChI=1S/C16H27N3O4S2/c1-12-9-13(7-8-14(12)24(5,20)21)10-18-15(17-4)19-11-16(2,3)25(6,22)23/h7-9H,10-11H2,1-6H3,(H2,17,18,19). The molecule has 0 heterocycles. The lowest BCUT2D eigenvalue weighted by molar-refractivity contribution is 0.544. The van der Waals surface area contributed by atoms with Crippen molar-refractivity contribution in [1.82, 2.24) is 10.6 Å². The van der Waals surface area contributed by atoms with E-state index in [0.717, 1.165) is 5.56 Å². The van der Waals surface area contributed by atoms with Crippen LogP contribution in [-0.4, -0.2) is 53.6 Å². The van der Waals surface area contributed by atoms with Gasteiger partial charge >= 0.3 is 0 Å². The van der Waals surface area contributed by atoms with Crippen LogP contribution in [0.25, 0.3) is 0 Å². The molecular formula is C16H27N3O4S2. The van der Waals surface area contributed by atoms with Crippen molar-refractivity contribution >= 4 is 25.6 Å². The Labute approximate surface area is 150 Å². The number of sulfone groups is 2. The molecule has 0 saturated carbocycles. The highest BCUT2D eigenvalue weighted by atomic mass is 32.2. The Morgan fingerprint density at radius 1 is 1.12 bits per heavy atom. The van der Waals surface area contributed by atoms with Gasteiger partial charge in [-0.05, 0) is 38.0 Å². The van der Waals surface area contributed by atoms with E-state index in [0.29, 0.717) is 23.0 Å². The summed E-state index contributed by atoms with van der Waals surface area (Å²) >= 11 is 0. The Kier molecular flexibility index (Phi) is 6.63. The van der Waals surface area contributed by atoms with Crippen LogP contribution in [0.4, 0.5) is 0 Å². The number of aryl methyl sites for hydroxylation is 1. The van der Waals surface area contributed by atoms with E-state index in [1.807, 2.05) is 0 Å². The van der Waals surface area contributed by atoms with Gasteiger partial charge in [-0.2, -0.15) is 0 Å². The van der Waals surface area contributed by atoms with E-state index in [1.165, 1.54) is 12.5 Å². The summed E-state index contributed by atoms with van der Waals surface area (Å²) in [6.45, 7) is 5.70. The van der Waals surface area contributed by atoms with Crippen LogP contribution in [0.15, 0.2) is 28.1 Å². The van der Waals surface area contributed by atoms with Crippen molar-refractivity contribution < 1.29 is 16.8 Å². The number of benzene rings is 1. The normalized spacial score (nSPS) is 13.6. The maximum absolute atomic E-state index is 11.7. The van der Waals surface area contributed by atoms with Crippen LogP contribution in [0.2, 0.25) is 0 Å². The zero-order valence-corrected chi connectivity index (χ0v) is 17.2. The average Bonchev–Trinajstić information content (AvgIpc) is 2.44. The molecule has 7 nitrogen and oxygen atoms in total. The number of guanidine groups is 1. The summed E-state index contributed by atoms with van der Waals surface area (Å²) < 4.78 is 45.8. The molecule has 0 unspecified atom stereocenters. The van der Waals surface area contributed by atoms with Crippen molar-refractivity contribution in [3.8, 4) is 0 Å². The molecule has 0 bridgehead atoms. The van der Waals surface area contributed by atoms with Gasteiger partial charge in [0.05, 0.1) is 9.64 Å². The predicted octanol–water partition coefficient (Wildman–Crippen LogP) is 0.887. The number of aliphatic imine (C=N–C) groups is 1. The van der Waals surface area contributed by atoms with Gasteiger partial charge in [0.25, 0.3) is 0 Å². The van der Waals surface area contributed by atoms with Crippen LogP contribution in [0.1, 0.15) is 25.0 Å². The minimum atomic E-state index is -3.24. The summed E-state index contributed by atoms with van der Waals surface area (Å²) in [4.78, 5) is 4.38. The molecule has 2 N–H and O–H groups in total. The van der Waals surface area contributed by atoms with Crippen LogP contribution in [0, 0.1) is 6.92 Å². The van der Waals surface area contributed by atoms with Crippen molar-refractivity contribution in [3.05, 3.63) is 29.3 Å². The smallest absolute Gasteiger partial charge is 0.191 e. The highest BCUT2D eigenvalue weighted by molar-refractivity contribution is 7.92. The number of nitrogens with one attached hydrogen (secondary N) is 2. The van der Waals surface area contributed by atoms with Crippen LogP contribution in [-0.2, 0) is 26.2 Å². The van der Waals surface area contributed by atoms with Crippen molar-refractivity contribution in [3.63, 3.8) is 0 Å². The fourth-order valence-electron chi connectivity index (χ4n) is 2.07. The quantitative estimate of drug-likeness (QED) is 0.553. The summed E-state index contributed by atoms with van der Waals surface area (Å²) in [6, 6.07) is 5.13. The third kappa shape index (κ3) is 6.00. The molecule has 0 saturated heterocycles. The molecule has 0 aromatic heterocycles. The van der Waals surface area contributed by atoms with Gasteiger partial charge in [-0.15, -0.1) is 0 Å². The maximum Gasteiger partial charge on any atom is 0.191 e. The Bertz CT molecular complexity index is 857. The first kappa shape index (κ1) is 21.4. The van der Waals surface area contributed by atoms with E-state index < -0.39 is 24.4 Å². The molecule has 0 radical (unpaired) electrons. The summed E-state index contributed by atoms with van der Waals surface area (Å²) in [5.74, 6) is 0.474. The average molecular weight is 390 g/mol. The highest BCUT2D eigenvalue weighted by Crippen LogP contribution is 2.16. The molecule has 0 spiro atoms. The van der Waals surface area contributed by atoms with E-state index in [1.54, 1.807) is 46.0 Å². The van der Waals surface area contributed by atoms with E-state index in [9.17, 15) is 16.8 Å². The second-order valence-electron chi connectivity index (χ2n) is 6.68. The Morgan fingerprint density at radius 2 is 1.72 bits per heavy atom. The lowest BCUT2D eigenvalue weighted by Crippen LogP contribution is -2.47. The van der Waals surface area contributed by atoms with E-state index >= 15 is 0 Å². The van der Waals surface area contributed by atoms with Crippen molar-refractivity contribution in [1.29, 1.82) is 0 Å². The van der Waals surface area contributed by atoms with Gasteiger partial charge in [-0.3, -0.25) is 4.99 Å². The van der Waals surface area contributed by atoms with E-state index in [4.69, 9.17) is 0 Å². The van der Waals surface area contributed by atoms with E-state index in [2.05, 4.69) is 15.6 Å². The van der Waals surface area contributed by atoms with E-state index in [-0.39, 0.29) is 6.54 Å². The lowest BCUT2D eigenvalue weighted by atomic mass is 10.1. The second-order valence-corrected chi connectivity index (χ2v) is 11.3. The first-order chi connectivity index (χ1) is 11.3. The third-order valence-electron chi connectivity index (χ3n) is 4.01. The van der Waals surface area contributed by atoms with Crippen molar-refractivity contribution in [2.24, 2.45) is 4.99 Å². The molecular weight excluding hydrogens is 362 g/mol. The molecule has 1 aromatic rings. The predicted molar refractivity (Wildman–Crippen MR) is 101 cm³/mol. The van der Waals surface area contributed by atoms with Gasteiger partial charge in [0, 0.05) is 32.6 Å². The number of nitrogens with zero attached hydrogens (tertiary/aromatic N) is 1. The molecule has 0 aliphatic carbocycles. The topological polar surface area (TPSA) is 105 Å². The Hall–Kier alpha value is -1.61. The van der Waals surface area contributed by atoms with Gasteiger partial charge in [0.15, 0.2) is 25.6 Å². The summed E-state index contributed by atoms with van der Waals surface area (Å²) in [5, 5.41) is 6.09. The zero-order valence-electron chi connectivity index (χ0n) is 15.5. The van der Waals surface area contributed by atoms with Gasteiger partial charge in [-0.1, -0.05) is 12.1 Å². The highest BCUT2D eigenvalue weighted by Gasteiger charge is 2.30. The second kappa shape index (κ2) is 7.74. The fourth-order valence-corrected chi connectivity index (χ4v) is 3.36. The van der Waals surface area contributed by atoms with Crippen LogP contribution >= 0.6 is 0 Å². The Morgan fingerprint density at radius 3 is 2.16 bits per heavy atom. The number of hydrogen-bond donors (Lipinski definition) is 2. The maximum atomic E-state index is 11.7. The molecule has 1 rings (SSSR count). The SMILES string of the molecule is CN=C(NCc1ccc(S(C)(=O)=O)c(C)c1)NCC(C)(C)S(C)(=O)=O. The molecule has 0 aliphatic heterocycles. The van der Waals surface area contributed by atoms with Gasteiger partial charge in [0.1, 0.15) is 0 Å².